The maximum atomic E-state index is 13.7. The zero-order valence-electron chi connectivity index (χ0n) is 13.7. The molecule has 1 heterocycles. The molecular formula is C19H14Cl2FNO3. The van der Waals surface area contributed by atoms with Crippen LogP contribution in [0.5, 0.6) is 5.75 Å². The van der Waals surface area contributed by atoms with Crippen molar-refractivity contribution in [2.24, 2.45) is 0 Å². The van der Waals surface area contributed by atoms with E-state index in [0.29, 0.717) is 21.6 Å². The summed E-state index contributed by atoms with van der Waals surface area (Å²) in [5, 5.41) is 3.16. The first kappa shape index (κ1) is 18.3. The van der Waals surface area contributed by atoms with E-state index in [0.717, 1.165) is 5.56 Å². The van der Waals surface area contributed by atoms with Crippen LogP contribution in [-0.2, 0) is 6.61 Å². The Bertz CT molecular complexity index is 956. The maximum Gasteiger partial charge on any atom is 0.291 e. The summed E-state index contributed by atoms with van der Waals surface area (Å²) in [4.78, 5) is 12.2. The summed E-state index contributed by atoms with van der Waals surface area (Å²) >= 11 is 12.0. The van der Waals surface area contributed by atoms with Crippen LogP contribution in [0.3, 0.4) is 0 Å². The minimum absolute atomic E-state index is 0.0432. The molecule has 3 rings (SSSR count). The Kier molecular flexibility index (Phi) is 5.49. The van der Waals surface area contributed by atoms with E-state index < -0.39 is 11.7 Å². The van der Waals surface area contributed by atoms with Crippen molar-refractivity contribution in [2.45, 2.75) is 13.5 Å². The van der Waals surface area contributed by atoms with Gasteiger partial charge >= 0.3 is 0 Å². The average Bonchev–Trinajstić information content (AvgIpc) is 3.08. The quantitative estimate of drug-likeness (QED) is 0.589. The summed E-state index contributed by atoms with van der Waals surface area (Å²) in [7, 11) is 0. The van der Waals surface area contributed by atoms with Gasteiger partial charge in [0.25, 0.3) is 5.91 Å². The monoisotopic (exact) mass is 393 g/mol. The summed E-state index contributed by atoms with van der Waals surface area (Å²) in [6, 6.07) is 12.6. The molecule has 7 heteroatoms. The van der Waals surface area contributed by atoms with Gasteiger partial charge in [0.1, 0.15) is 29.0 Å². The van der Waals surface area contributed by atoms with E-state index in [4.69, 9.17) is 32.4 Å². The Morgan fingerprint density at radius 1 is 1.19 bits per heavy atom. The highest BCUT2D eigenvalue weighted by Gasteiger charge is 2.14. The number of benzene rings is 2. The van der Waals surface area contributed by atoms with Crippen molar-refractivity contribution in [2.75, 3.05) is 5.32 Å². The molecule has 0 unspecified atom stereocenters. The SMILES string of the molecule is Cc1ccc(F)c(NC(=O)c2ccc(COc3cccc(Cl)c3Cl)o2)c1. The zero-order chi connectivity index (χ0) is 18.7. The van der Waals surface area contributed by atoms with Gasteiger partial charge in [-0.1, -0.05) is 35.3 Å². The average molecular weight is 394 g/mol. The highest BCUT2D eigenvalue weighted by molar-refractivity contribution is 6.42. The van der Waals surface area contributed by atoms with Gasteiger partial charge < -0.3 is 14.5 Å². The van der Waals surface area contributed by atoms with Gasteiger partial charge in [-0.2, -0.15) is 0 Å². The minimum Gasteiger partial charge on any atom is -0.484 e. The third kappa shape index (κ3) is 4.18. The number of halogens is 3. The van der Waals surface area contributed by atoms with Crippen LogP contribution in [0.2, 0.25) is 10.0 Å². The van der Waals surface area contributed by atoms with Crippen LogP contribution in [0.25, 0.3) is 0 Å². The van der Waals surface area contributed by atoms with E-state index in [9.17, 15) is 9.18 Å². The Morgan fingerprint density at radius 3 is 2.81 bits per heavy atom. The van der Waals surface area contributed by atoms with Gasteiger partial charge in [0.15, 0.2) is 5.76 Å². The molecular weight excluding hydrogens is 380 g/mol. The number of furan rings is 1. The summed E-state index contributed by atoms with van der Waals surface area (Å²) in [5.41, 5.74) is 0.920. The second kappa shape index (κ2) is 7.81. The summed E-state index contributed by atoms with van der Waals surface area (Å²) in [6.07, 6.45) is 0. The van der Waals surface area contributed by atoms with Gasteiger partial charge in [0.05, 0.1) is 10.7 Å². The lowest BCUT2D eigenvalue weighted by molar-refractivity contribution is 0.0992. The molecule has 1 N–H and O–H groups in total. The lowest BCUT2D eigenvalue weighted by Crippen LogP contribution is -2.12. The molecule has 0 saturated carbocycles. The van der Waals surface area contributed by atoms with Gasteiger partial charge in [-0.3, -0.25) is 4.79 Å². The standard InChI is InChI=1S/C19H14Cl2FNO3/c1-11-5-7-14(22)15(9-11)23-19(24)17-8-6-12(26-17)10-25-16-4-2-3-13(20)18(16)21/h2-9H,10H2,1H3,(H,23,24). The Morgan fingerprint density at radius 2 is 2.00 bits per heavy atom. The second-order valence-corrected chi connectivity index (χ2v) is 6.33. The number of nitrogens with one attached hydrogen (secondary N) is 1. The zero-order valence-corrected chi connectivity index (χ0v) is 15.2. The van der Waals surface area contributed by atoms with Crippen molar-refractivity contribution < 1.29 is 18.3 Å². The molecule has 0 fully saturated rings. The number of hydrogen-bond donors (Lipinski definition) is 1. The maximum absolute atomic E-state index is 13.7. The topological polar surface area (TPSA) is 51.5 Å². The fraction of sp³-hybridized carbons (Fsp3) is 0.105. The van der Waals surface area contributed by atoms with Crippen LogP contribution in [0.1, 0.15) is 21.9 Å². The number of carbonyl (C=O) groups is 1. The highest BCUT2D eigenvalue weighted by atomic mass is 35.5. The normalized spacial score (nSPS) is 10.6. The van der Waals surface area contributed by atoms with Crippen LogP contribution in [-0.4, -0.2) is 5.91 Å². The van der Waals surface area contributed by atoms with Crippen molar-refractivity contribution >= 4 is 34.8 Å². The Labute approximate surface area is 159 Å². The molecule has 1 amide bonds. The van der Waals surface area contributed by atoms with Crippen LogP contribution in [0.15, 0.2) is 52.9 Å². The van der Waals surface area contributed by atoms with Crippen molar-refractivity contribution in [3.63, 3.8) is 0 Å². The van der Waals surface area contributed by atoms with Crippen LogP contribution >= 0.6 is 23.2 Å². The molecule has 0 aliphatic rings. The van der Waals surface area contributed by atoms with E-state index >= 15 is 0 Å². The molecule has 26 heavy (non-hydrogen) atoms. The van der Waals surface area contributed by atoms with Gasteiger partial charge in [0, 0.05) is 0 Å². The molecule has 0 spiro atoms. The van der Waals surface area contributed by atoms with Crippen molar-refractivity contribution in [3.05, 3.63) is 81.5 Å². The second-order valence-electron chi connectivity index (χ2n) is 5.54. The first-order chi connectivity index (χ1) is 12.4. The largest absolute Gasteiger partial charge is 0.484 e. The van der Waals surface area contributed by atoms with Gasteiger partial charge in [0.2, 0.25) is 0 Å². The number of amides is 1. The van der Waals surface area contributed by atoms with Crippen LogP contribution in [0, 0.1) is 12.7 Å². The molecule has 0 atom stereocenters. The molecule has 2 aromatic carbocycles. The van der Waals surface area contributed by atoms with Crippen molar-refractivity contribution in [3.8, 4) is 5.75 Å². The molecule has 0 saturated heterocycles. The number of carbonyl (C=O) groups excluding carboxylic acids is 1. The lowest BCUT2D eigenvalue weighted by atomic mass is 10.2. The van der Waals surface area contributed by atoms with Crippen LogP contribution < -0.4 is 10.1 Å². The van der Waals surface area contributed by atoms with E-state index in [2.05, 4.69) is 5.32 Å². The molecule has 4 nitrogen and oxygen atoms in total. The number of rotatable bonds is 5. The summed E-state index contributed by atoms with van der Waals surface area (Å²) in [6.45, 7) is 1.87. The van der Waals surface area contributed by atoms with Crippen molar-refractivity contribution in [1.29, 1.82) is 0 Å². The fourth-order valence-electron chi connectivity index (χ4n) is 2.24. The molecule has 0 radical (unpaired) electrons. The Hall–Kier alpha value is -2.50. The number of aryl methyl sites for hydroxylation is 1. The molecule has 1 aromatic heterocycles. The minimum atomic E-state index is -0.554. The van der Waals surface area contributed by atoms with Gasteiger partial charge in [-0.05, 0) is 48.9 Å². The van der Waals surface area contributed by atoms with E-state index in [1.807, 2.05) is 0 Å². The van der Waals surface area contributed by atoms with Crippen molar-refractivity contribution in [1.82, 2.24) is 0 Å². The van der Waals surface area contributed by atoms with E-state index in [1.165, 1.54) is 12.1 Å². The van der Waals surface area contributed by atoms with Gasteiger partial charge in [-0.25, -0.2) is 4.39 Å². The summed E-state index contributed by atoms with van der Waals surface area (Å²) in [5.74, 6) is -0.211. The third-order valence-corrected chi connectivity index (χ3v) is 4.34. The molecule has 0 aliphatic heterocycles. The summed E-state index contributed by atoms with van der Waals surface area (Å²) < 4.78 is 24.7. The van der Waals surface area contributed by atoms with Gasteiger partial charge in [-0.15, -0.1) is 0 Å². The fourth-order valence-corrected chi connectivity index (χ4v) is 2.59. The van der Waals surface area contributed by atoms with E-state index in [1.54, 1.807) is 43.3 Å². The predicted octanol–water partition coefficient (Wildman–Crippen LogP) is 5.87. The molecule has 134 valence electrons. The number of hydrogen-bond acceptors (Lipinski definition) is 3. The smallest absolute Gasteiger partial charge is 0.291 e. The number of anilines is 1. The molecule has 0 aliphatic carbocycles. The first-order valence-electron chi connectivity index (χ1n) is 7.67. The van der Waals surface area contributed by atoms with E-state index in [-0.39, 0.29) is 18.1 Å². The number of ether oxygens (including phenoxy) is 1. The molecule has 3 aromatic rings. The first-order valence-corrected chi connectivity index (χ1v) is 8.42. The predicted molar refractivity (Wildman–Crippen MR) is 98.6 cm³/mol. The Balaban J connectivity index is 1.66. The van der Waals surface area contributed by atoms with Crippen LogP contribution in [0.4, 0.5) is 10.1 Å². The lowest BCUT2D eigenvalue weighted by Gasteiger charge is -2.07. The molecule has 0 bridgehead atoms. The highest BCUT2D eigenvalue weighted by Crippen LogP contribution is 2.32. The third-order valence-electron chi connectivity index (χ3n) is 3.54.